The van der Waals surface area contributed by atoms with Crippen LogP contribution in [0.25, 0.3) is 11.0 Å². The molecule has 6 atom stereocenters. The van der Waals surface area contributed by atoms with Gasteiger partial charge in [-0.25, -0.2) is 4.68 Å². The molecule has 2 aromatic rings. The Morgan fingerprint density at radius 2 is 1.86 bits per heavy atom. The summed E-state index contributed by atoms with van der Waals surface area (Å²) in [4.78, 5) is 48.5. The molecule has 3 amide bonds. The average molecular weight is 593 g/mol. The van der Waals surface area contributed by atoms with Crippen LogP contribution in [-0.2, 0) is 25.8 Å². The van der Waals surface area contributed by atoms with Gasteiger partial charge >= 0.3 is 0 Å². The Morgan fingerprint density at radius 3 is 2.51 bits per heavy atom. The van der Waals surface area contributed by atoms with Crippen LogP contribution in [-0.4, -0.2) is 102 Å². The monoisotopic (exact) mass is 592 g/mol. The van der Waals surface area contributed by atoms with E-state index in [4.69, 9.17) is 4.74 Å². The first-order chi connectivity index (χ1) is 20.8. The van der Waals surface area contributed by atoms with Crippen molar-refractivity contribution >= 4 is 28.8 Å². The number of ether oxygens (including phenoxy) is 1. The highest BCUT2D eigenvalue weighted by molar-refractivity contribution is 5.99. The first-order valence-corrected chi connectivity index (χ1v) is 15.5. The quantitative estimate of drug-likeness (QED) is 0.335. The highest BCUT2D eigenvalue weighted by Gasteiger charge is 2.79. The molecule has 11 nitrogen and oxygen atoms in total. The molecule has 1 aromatic carbocycles. The summed E-state index contributed by atoms with van der Waals surface area (Å²) in [5.41, 5.74) is -0.561. The lowest BCUT2D eigenvalue weighted by Gasteiger charge is -2.39. The van der Waals surface area contributed by atoms with Crippen molar-refractivity contribution in [2.45, 2.75) is 82.8 Å². The lowest BCUT2D eigenvalue weighted by atomic mass is 9.64. The Bertz CT molecular complexity index is 1390. The second-order valence-electron chi connectivity index (χ2n) is 12.0. The number of hydrogen-bond acceptors (Lipinski definition) is 7. The number of carbonyl (C=O) groups excluding carboxylic acids is 3. The number of aromatic nitrogens is 3. The fourth-order valence-corrected chi connectivity index (χ4v) is 7.76. The average Bonchev–Trinajstić information content (AvgIpc) is 3.74. The lowest BCUT2D eigenvalue weighted by molar-refractivity contribution is -0.158. The van der Waals surface area contributed by atoms with Crippen molar-refractivity contribution < 1.29 is 24.2 Å². The minimum Gasteiger partial charge on any atom is -0.394 e. The summed E-state index contributed by atoms with van der Waals surface area (Å²) in [7, 11) is 0. The molecule has 1 N–H and O–H groups in total. The van der Waals surface area contributed by atoms with Gasteiger partial charge in [0.15, 0.2) is 0 Å². The number of rotatable bonds is 14. The van der Waals surface area contributed by atoms with E-state index < -0.39 is 35.1 Å². The molecule has 1 aromatic heterocycles. The number of fused-ring (bicyclic) bond motifs is 2. The predicted octanol–water partition coefficient (Wildman–Crippen LogP) is 2.75. The van der Waals surface area contributed by atoms with Gasteiger partial charge < -0.3 is 24.5 Å². The summed E-state index contributed by atoms with van der Waals surface area (Å²) >= 11 is 0. The maximum Gasteiger partial charge on any atom is 0.250 e. The van der Waals surface area contributed by atoms with Gasteiger partial charge in [-0.3, -0.25) is 14.4 Å². The number of likely N-dealkylation sites (tertiary alicyclic amines) is 1. The topological polar surface area (TPSA) is 121 Å². The maximum absolute atomic E-state index is 14.8. The molecule has 3 fully saturated rings. The van der Waals surface area contributed by atoms with E-state index in [0.29, 0.717) is 44.3 Å². The third-order valence-electron chi connectivity index (χ3n) is 9.73. The molecule has 232 valence electrons. The Balaban J connectivity index is 1.59. The molecule has 0 radical (unpaired) electrons. The van der Waals surface area contributed by atoms with Gasteiger partial charge in [0.25, 0.3) is 0 Å². The molecule has 3 aliphatic rings. The highest BCUT2D eigenvalue weighted by Crippen LogP contribution is 2.65. The van der Waals surface area contributed by atoms with Crippen LogP contribution in [0.5, 0.6) is 0 Å². The Hall–Kier alpha value is -3.57. The van der Waals surface area contributed by atoms with E-state index in [0.717, 1.165) is 11.9 Å². The van der Waals surface area contributed by atoms with Gasteiger partial charge in [-0.1, -0.05) is 50.3 Å². The first kappa shape index (κ1) is 30.9. The summed E-state index contributed by atoms with van der Waals surface area (Å²) in [6.07, 6.45) is 6.13. The normalized spacial score (nSPS) is 28.2. The van der Waals surface area contributed by atoms with Gasteiger partial charge in [0, 0.05) is 19.6 Å². The van der Waals surface area contributed by atoms with Crippen LogP contribution in [0.2, 0.25) is 0 Å². The van der Waals surface area contributed by atoms with Crippen molar-refractivity contribution in [1.82, 2.24) is 29.7 Å². The maximum atomic E-state index is 14.8. The van der Waals surface area contributed by atoms with Gasteiger partial charge in [0.1, 0.15) is 23.8 Å². The van der Waals surface area contributed by atoms with E-state index in [2.05, 4.69) is 23.5 Å². The molecule has 5 rings (SSSR count). The molecule has 3 saturated heterocycles. The van der Waals surface area contributed by atoms with Gasteiger partial charge in [-0.05, 0) is 44.2 Å². The second-order valence-corrected chi connectivity index (χ2v) is 12.0. The largest absolute Gasteiger partial charge is 0.394 e. The standard InChI is InChI=1S/C32H44N6O5/c1-6-17-35(18-7-2)28(40)25-26-29(41)38(22(9-4)20-39)27(32(26)16-15-31(25,10-5)43-32)30(42)36(19-8-3)21-37-24-14-12-11-13-23(24)33-34-37/h6,8,11-14,22,25-27,39H,1,3,7,9-10,15-21H2,2,4-5H3/t22-,25-,26-,27?,31+,32?/m0/s1. The van der Waals surface area contributed by atoms with Crippen LogP contribution in [0, 0.1) is 11.8 Å². The van der Waals surface area contributed by atoms with Crippen LogP contribution in [0.3, 0.4) is 0 Å². The van der Waals surface area contributed by atoms with Crippen molar-refractivity contribution in [3.63, 3.8) is 0 Å². The first-order valence-electron chi connectivity index (χ1n) is 15.5. The molecule has 0 aliphatic carbocycles. The molecule has 11 heteroatoms. The number of hydrogen-bond donors (Lipinski definition) is 1. The van der Waals surface area contributed by atoms with E-state index in [1.807, 2.05) is 45.0 Å². The van der Waals surface area contributed by atoms with Crippen molar-refractivity contribution in [2.75, 3.05) is 26.2 Å². The lowest BCUT2D eigenvalue weighted by Crippen LogP contribution is -2.59. The minimum atomic E-state index is -1.19. The number of carbonyl (C=O) groups is 3. The van der Waals surface area contributed by atoms with Gasteiger partial charge in [-0.2, -0.15) is 0 Å². The zero-order valence-electron chi connectivity index (χ0n) is 25.5. The summed E-state index contributed by atoms with van der Waals surface area (Å²) < 4.78 is 8.60. The summed E-state index contributed by atoms with van der Waals surface area (Å²) in [6, 6.07) is 5.89. The molecule has 1 spiro atoms. The number of nitrogens with zero attached hydrogens (tertiary/aromatic N) is 6. The Kier molecular flexibility index (Phi) is 8.76. The fourth-order valence-electron chi connectivity index (χ4n) is 7.76. The molecule has 43 heavy (non-hydrogen) atoms. The fraction of sp³-hybridized carbons (Fsp3) is 0.594. The van der Waals surface area contributed by atoms with Crippen LogP contribution in [0.15, 0.2) is 49.6 Å². The van der Waals surface area contributed by atoms with E-state index in [1.165, 1.54) is 4.90 Å². The zero-order chi connectivity index (χ0) is 30.9. The third-order valence-corrected chi connectivity index (χ3v) is 9.73. The summed E-state index contributed by atoms with van der Waals surface area (Å²) in [5.74, 6) is -2.31. The van der Waals surface area contributed by atoms with Gasteiger partial charge in [0.2, 0.25) is 17.7 Å². The van der Waals surface area contributed by atoms with Crippen LogP contribution >= 0.6 is 0 Å². The van der Waals surface area contributed by atoms with Crippen LogP contribution in [0.1, 0.15) is 52.9 Å². The number of aliphatic hydroxyl groups is 1. The number of para-hydroxylation sites is 1. The van der Waals surface area contributed by atoms with Gasteiger partial charge in [0.05, 0.1) is 35.6 Å². The molecule has 3 aliphatic heterocycles. The van der Waals surface area contributed by atoms with E-state index in [-0.39, 0.29) is 37.5 Å². The number of amides is 3. The predicted molar refractivity (Wildman–Crippen MR) is 161 cm³/mol. The van der Waals surface area contributed by atoms with Crippen LogP contribution < -0.4 is 0 Å². The zero-order valence-corrected chi connectivity index (χ0v) is 25.5. The Morgan fingerprint density at radius 1 is 1.14 bits per heavy atom. The number of benzene rings is 1. The van der Waals surface area contributed by atoms with Crippen molar-refractivity contribution in [3.05, 3.63) is 49.6 Å². The smallest absolute Gasteiger partial charge is 0.250 e. The summed E-state index contributed by atoms with van der Waals surface area (Å²) in [6.45, 7) is 14.5. The molecule has 4 heterocycles. The van der Waals surface area contributed by atoms with Crippen molar-refractivity contribution in [2.24, 2.45) is 11.8 Å². The second kappa shape index (κ2) is 12.2. The molecule has 2 bridgehead atoms. The van der Waals surface area contributed by atoms with E-state index >= 15 is 0 Å². The molecular formula is C32H44N6O5. The SMILES string of the molecule is C=CCN(Cn1nnc2ccccc21)C(=O)C1N([C@@H](CC)CO)C(=O)[C@@H]2[C@@H](C(=O)N(CC=C)CCC)[C@@]3(CC)CCC12O3. The van der Waals surface area contributed by atoms with Crippen molar-refractivity contribution in [1.29, 1.82) is 0 Å². The van der Waals surface area contributed by atoms with E-state index in [9.17, 15) is 19.5 Å². The Labute approximate surface area is 253 Å². The third kappa shape index (κ3) is 4.77. The van der Waals surface area contributed by atoms with E-state index in [1.54, 1.807) is 26.6 Å². The molecule has 2 unspecified atom stereocenters. The summed E-state index contributed by atoms with van der Waals surface area (Å²) in [5, 5.41) is 18.9. The van der Waals surface area contributed by atoms with Crippen LogP contribution in [0.4, 0.5) is 0 Å². The molecule has 0 saturated carbocycles. The van der Waals surface area contributed by atoms with Crippen molar-refractivity contribution in [3.8, 4) is 0 Å². The number of aliphatic hydroxyl groups excluding tert-OH is 1. The molecular weight excluding hydrogens is 548 g/mol. The minimum absolute atomic E-state index is 0.0887. The highest BCUT2D eigenvalue weighted by atomic mass is 16.5. The van der Waals surface area contributed by atoms with Gasteiger partial charge in [-0.15, -0.1) is 18.3 Å².